The Kier molecular flexibility index (Phi) is 2.30. The molecule has 1 aliphatic heterocycles. The number of likely N-dealkylation sites (tertiary alicyclic amines) is 1. The van der Waals surface area contributed by atoms with Crippen molar-refractivity contribution in [2.24, 2.45) is 11.8 Å². The van der Waals surface area contributed by atoms with Crippen molar-refractivity contribution in [2.75, 3.05) is 20.2 Å². The maximum atomic E-state index is 11.2. The number of rotatable bonds is 1. The van der Waals surface area contributed by atoms with Crippen molar-refractivity contribution >= 4 is 5.91 Å². The number of amides is 1. The molecule has 0 bridgehead atoms. The van der Waals surface area contributed by atoms with Gasteiger partial charge < -0.3 is 9.64 Å². The highest BCUT2D eigenvalue weighted by molar-refractivity contribution is 5.73. The molecule has 0 N–H and O–H groups in total. The number of methoxy groups -OCH3 is 1. The molecule has 1 aliphatic carbocycles. The molecular formula is C11H19NO2. The zero-order valence-electron chi connectivity index (χ0n) is 9.25. The molecule has 3 nitrogen and oxygen atoms in total. The first-order valence-electron chi connectivity index (χ1n) is 5.35. The summed E-state index contributed by atoms with van der Waals surface area (Å²) in [4.78, 5) is 13.2. The van der Waals surface area contributed by atoms with Gasteiger partial charge in [0.25, 0.3) is 0 Å². The molecule has 0 aromatic carbocycles. The maximum absolute atomic E-state index is 11.2. The lowest BCUT2D eigenvalue weighted by atomic mass is 10.0. The Morgan fingerprint density at radius 2 is 1.86 bits per heavy atom. The molecule has 1 amide bonds. The summed E-state index contributed by atoms with van der Waals surface area (Å²) in [5.41, 5.74) is 0.0677. The zero-order valence-corrected chi connectivity index (χ0v) is 9.25. The normalized spacial score (nSPS) is 41.5. The van der Waals surface area contributed by atoms with Crippen molar-refractivity contribution in [1.29, 1.82) is 0 Å². The number of hydrogen-bond donors (Lipinski definition) is 0. The first-order chi connectivity index (χ1) is 6.54. The molecule has 2 aliphatic rings. The van der Waals surface area contributed by atoms with E-state index >= 15 is 0 Å². The number of carbonyl (C=O) groups is 1. The number of carbonyl (C=O) groups excluding carboxylic acids is 1. The predicted octanol–water partition coefficient (Wildman–Crippen LogP) is 1.28. The molecule has 0 aromatic heterocycles. The fraction of sp³-hybridized carbons (Fsp3) is 0.909. The summed E-state index contributed by atoms with van der Waals surface area (Å²) in [6.07, 6.45) is 2.22. The molecule has 1 saturated heterocycles. The van der Waals surface area contributed by atoms with Crippen LogP contribution in [0.1, 0.15) is 26.7 Å². The van der Waals surface area contributed by atoms with E-state index in [2.05, 4.69) is 6.92 Å². The molecule has 2 atom stereocenters. The Hall–Kier alpha value is -0.570. The van der Waals surface area contributed by atoms with E-state index in [4.69, 9.17) is 4.74 Å². The van der Waals surface area contributed by atoms with E-state index in [1.165, 1.54) is 0 Å². The number of nitrogens with zero attached hydrogens (tertiary/aromatic N) is 1. The quantitative estimate of drug-likeness (QED) is 0.633. The molecule has 0 aromatic rings. The van der Waals surface area contributed by atoms with Crippen LogP contribution in [0.5, 0.6) is 0 Å². The van der Waals surface area contributed by atoms with Crippen LogP contribution in [0.15, 0.2) is 0 Å². The molecule has 14 heavy (non-hydrogen) atoms. The molecule has 2 rings (SSSR count). The average molecular weight is 197 g/mol. The fourth-order valence-corrected chi connectivity index (χ4v) is 3.02. The summed E-state index contributed by atoms with van der Waals surface area (Å²) in [7, 11) is 1.80. The minimum absolute atomic E-state index is 0.0677. The first-order valence-corrected chi connectivity index (χ1v) is 5.35. The van der Waals surface area contributed by atoms with Gasteiger partial charge in [-0.2, -0.15) is 0 Å². The van der Waals surface area contributed by atoms with E-state index in [0.717, 1.165) is 25.9 Å². The minimum Gasteiger partial charge on any atom is -0.379 e. The van der Waals surface area contributed by atoms with Gasteiger partial charge in [0, 0.05) is 27.1 Å². The van der Waals surface area contributed by atoms with E-state index in [0.29, 0.717) is 11.8 Å². The van der Waals surface area contributed by atoms with E-state index in [-0.39, 0.29) is 11.5 Å². The third-order valence-electron chi connectivity index (χ3n) is 3.90. The molecule has 1 saturated carbocycles. The molecule has 0 radical (unpaired) electrons. The fourth-order valence-electron chi connectivity index (χ4n) is 3.02. The van der Waals surface area contributed by atoms with Gasteiger partial charge in [-0.1, -0.05) is 0 Å². The lowest BCUT2D eigenvalue weighted by molar-refractivity contribution is -0.128. The van der Waals surface area contributed by atoms with E-state index in [1.54, 1.807) is 14.0 Å². The molecule has 2 fully saturated rings. The predicted molar refractivity (Wildman–Crippen MR) is 53.9 cm³/mol. The van der Waals surface area contributed by atoms with Crippen LogP contribution in [0.3, 0.4) is 0 Å². The van der Waals surface area contributed by atoms with Crippen molar-refractivity contribution in [3.05, 3.63) is 0 Å². The van der Waals surface area contributed by atoms with Crippen LogP contribution in [0.2, 0.25) is 0 Å². The summed E-state index contributed by atoms with van der Waals surface area (Å²) in [6.45, 7) is 5.73. The van der Waals surface area contributed by atoms with Gasteiger partial charge in [-0.15, -0.1) is 0 Å². The van der Waals surface area contributed by atoms with Gasteiger partial charge in [0.2, 0.25) is 5.91 Å². The van der Waals surface area contributed by atoms with Crippen LogP contribution in [-0.2, 0) is 9.53 Å². The molecule has 0 spiro atoms. The second-order valence-electron chi connectivity index (χ2n) is 5.01. The van der Waals surface area contributed by atoms with Crippen molar-refractivity contribution in [1.82, 2.24) is 4.90 Å². The van der Waals surface area contributed by atoms with Gasteiger partial charge in [0.15, 0.2) is 0 Å². The number of fused-ring (bicyclic) bond motifs is 1. The molecule has 3 heteroatoms. The summed E-state index contributed by atoms with van der Waals surface area (Å²) < 4.78 is 5.53. The Bertz CT molecular complexity index is 238. The van der Waals surface area contributed by atoms with E-state index < -0.39 is 0 Å². The Balaban J connectivity index is 1.99. The van der Waals surface area contributed by atoms with Crippen LogP contribution >= 0.6 is 0 Å². The van der Waals surface area contributed by atoms with Crippen molar-refractivity contribution in [2.45, 2.75) is 32.3 Å². The molecule has 2 unspecified atom stereocenters. The highest BCUT2D eigenvalue weighted by atomic mass is 16.5. The summed E-state index contributed by atoms with van der Waals surface area (Å²) >= 11 is 0. The van der Waals surface area contributed by atoms with Crippen LogP contribution in [0, 0.1) is 11.8 Å². The van der Waals surface area contributed by atoms with Gasteiger partial charge in [-0.3, -0.25) is 4.79 Å². The summed E-state index contributed by atoms with van der Waals surface area (Å²) in [6, 6.07) is 0. The molecular weight excluding hydrogens is 178 g/mol. The molecule has 80 valence electrons. The summed E-state index contributed by atoms with van der Waals surface area (Å²) in [5, 5.41) is 0. The van der Waals surface area contributed by atoms with Gasteiger partial charge in [-0.25, -0.2) is 0 Å². The largest absolute Gasteiger partial charge is 0.379 e. The third-order valence-corrected chi connectivity index (χ3v) is 3.90. The van der Waals surface area contributed by atoms with Crippen molar-refractivity contribution in [3.8, 4) is 0 Å². The van der Waals surface area contributed by atoms with Crippen LogP contribution < -0.4 is 0 Å². The Morgan fingerprint density at radius 1 is 1.36 bits per heavy atom. The second-order valence-corrected chi connectivity index (χ2v) is 5.01. The SMILES string of the molecule is COC1(C)CC2CN(C(C)=O)CC2C1. The van der Waals surface area contributed by atoms with Crippen molar-refractivity contribution in [3.63, 3.8) is 0 Å². The minimum atomic E-state index is 0.0677. The number of hydrogen-bond acceptors (Lipinski definition) is 2. The smallest absolute Gasteiger partial charge is 0.219 e. The highest BCUT2D eigenvalue weighted by Crippen LogP contribution is 2.45. The number of ether oxygens (including phenoxy) is 1. The highest BCUT2D eigenvalue weighted by Gasteiger charge is 2.47. The van der Waals surface area contributed by atoms with Gasteiger partial charge in [0.05, 0.1) is 5.60 Å². The first kappa shape index (κ1) is 9.97. The lowest BCUT2D eigenvalue weighted by Crippen LogP contribution is -2.31. The van der Waals surface area contributed by atoms with E-state index in [1.807, 2.05) is 4.90 Å². The van der Waals surface area contributed by atoms with Gasteiger partial charge in [0.1, 0.15) is 0 Å². The van der Waals surface area contributed by atoms with Crippen LogP contribution in [-0.4, -0.2) is 36.6 Å². The van der Waals surface area contributed by atoms with Crippen molar-refractivity contribution < 1.29 is 9.53 Å². The monoisotopic (exact) mass is 197 g/mol. The zero-order chi connectivity index (χ0) is 10.3. The standard InChI is InChI=1S/C11H19NO2/c1-8(13)12-6-9-4-11(2,14-3)5-10(9)7-12/h9-10H,4-7H2,1-3H3. The van der Waals surface area contributed by atoms with Gasteiger partial charge >= 0.3 is 0 Å². The average Bonchev–Trinajstić information content (AvgIpc) is 2.59. The van der Waals surface area contributed by atoms with Crippen LogP contribution in [0.25, 0.3) is 0 Å². The Morgan fingerprint density at radius 3 is 2.21 bits per heavy atom. The maximum Gasteiger partial charge on any atom is 0.219 e. The van der Waals surface area contributed by atoms with Gasteiger partial charge in [-0.05, 0) is 31.6 Å². The summed E-state index contributed by atoms with van der Waals surface area (Å²) in [5.74, 6) is 1.56. The molecule has 1 heterocycles. The third kappa shape index (κ3) is 1.54. The second kappa shape index (κ2) is 3.23. The van der Waals surface area contributed by atoms with Crippen LogP contribution in [0.4, 0.5) is 0 Å². The lowest BCUT2D eigenvalue weighted by Gasteiger charge is -2.25. The topological polar surface area (TPSA) is 29.5 Å². The van der Waals surface area contributed by atoms with E-state index in [9.17, 15) is 4.79 Å². The Labute approximate surface area is 85.4 Å².